The van der Waals surface area contributed by atoms with E-state index in [9.17, 15) is 17.6 Å². The molecular formula is C8H16Cl2F4N2. The van der Waals surface area contributed by atoms with E-state index >= 15 is 0 Å². The normalized spacial score (nSPS) is 20.8. The van der Waals surface area contributed by atoms with Gasteiger partial charge in [0.15, 0.2) is 0 Å². The predicted octanol–water partition coefficient (Wildman–Crippen LogP) is 2.16. The van der Waals surface area contributed by atoms with Crippen LogP contribution in [0.25, 0.3) is 0 Å². The molecule has 0 atom stereocenters. The van der Waals surface area contributed by atoms with Crippen molar-refractivity contribution < 1.29 is 17.6 Å². The molecule has 0 aromatic heterocycles. The SMILES string of the molecule is Cl.Cl.NCC1(F)CCN(CC(F)(F)F)CC1. The molecular weight excluding hydrogens is 271 g/mol. The first-order valence-corrected chi connectivity index (χ1v) is 4.53. The first-order valence-electron chi connectivity index (χ1n) is 4.53. The maximum absolute atomic E-state index is 13.5. The first-order chi connectivity index (χ1) is 6.35. The van der Waals surface area contributed by atoms with Crippen LogP contribution >= 0.6 is 24.8 Å². The summed E-state index contributed by atoms with van der Waals surface area (Å²) >= 11 is 0. The predicted molar refractivity (Wildman–Crippen MR) is 59.1 cm³/mol. The van der Waals surface area contributed by atoms with E-state index in [1.165, 1.54) is 4.90 Å². The molecule has 0 aromatic carbocycles. The lowest BCUT2D eigenvalue weighted by molar-refractivity contribution is -0.151. The Balaban J connectivity index is 0. The summed E-state index contributed by atoms with van der Waals surface area (Å²) in [5.41, 5.74) is 3.74. The Labute approximate surface area is 104 Å². The van der Waals surface area contributed by atoms with E-state index in [1.54, 1.807) is 0 Å². The van der Waals surface area contributed by atoms with Gasteiger partial charge in [-0.2, -0.15) is 13.2 Å². The number of nitrogens with zero attached hydrogens (tertiary/aromatic N) is 1. The van der Waals surface area contributed by atoms with Gasteiger partial charge < -0.3 is 5.73 Å². The molecule has 0 bridgehead atoms. The topological polar surface area (TPSA) is 29.3 Å². The van der Waals surface area contributed by atoms with Gasteiger partial charge >= 0.3 is 6.18 Å². The Bertz CT molecular complexity index is 193. The number of hydrogen-bond acceptors (Lipinski definition) is 2. The summed E-state index contributed by atoms with van der Waals surface area (Å²) in [5, 5.41) is 0. The highest BCUT2D eigenvalue weighted by molar-refractivity contribution is 5.85. The summed E-state index contributed by atoms with van der Waals surface area (Å²) in [6.07, 6.45) is -4.00. The second-order valence-corrected chi connectivity index (χ2v) is 3.75. The third-order valence-electron chi connectivity index (χ3n) is 2.52. The molecule has 8 heteroatoms. The summed E-state index contributed by atoms with van der Waals surface area (Å²) in [6.45, 7) is -0.791. The van der Waals surface area contributed by atoms with E-state index in [0.29, 0.717) is 0 Å². The van der Waals surface area contributed by atoms with E-state index in [2.05, 4.69) is 0 Å². The van der Waals surface area contributed by atoms with Crippen molar-refractivity contribution in [3.63, 3.8) is 0 Å². The molecule has 0 unspecified atom stereocenters. The van der Waals surface area contributed by atoms with Crippen LogP contribution in [0.2, 0.25) is 0 Å². The van der Waals surface area contributed by atoms with Crippen LogP contribution < -0.4 is 5.73 Å². The first kappa shape index (κ1) is 18.6. The fraction of sp³-hybridized carbons (Fsp3) is 1.00. The number of hydrogen-bond donors (Lipinski definition) is 1. The maximum atomic E-state index is 13.5. The van der Waals surface area contributed by atoms with Gasteiger partial charge in [0.25, 0.3) is 0 Å². The van der Waals surface area contributed by atoms with E-state index in [0.717, 1.165) is 0 Å². The molecule has 1 aliphatic heterocycles. The van der Waals surface area contributed by atoms with Gasteiger partial charge in [0.05, 0.1) is 6.54 Å². The molecule has 16 heavy (non-hydrogen) atoms. The van der Waals surface area contributed by atoms with Gasteiger partial charge in [0.1, 0.15) is 5.67 Å². The van der Waals surface area contributed by atoms with E-state index in [4.69, 9.17) is 5.73 Å². The standard InChI is InChI=1S/C8H14F4N2.2ClH/c9-7(5-13)1-3-14(4-2-7)6-8(10,11)12;;/h1-6,13H2;2*1H. The Morgan fingerprint density at radius 2 is 1.56 bits per heavy atom. The Kier molecular flexibility index (Phi) is 7.94. The van der Waals surface area contributed by atoms with E-state index < -0.39 is 18.4 Å². The van der Waals surface area contributed by atoms with Crippen LogP contribution in [0.5, 0.6) is 0 Å². The van der Waals surface area contributed by atoms with Gasteiger partial charge in [0.2, 0.25) is 0 Å². The smallest absolute Gasteiger partial charge is 0.328 e. The van der Waals surface area contributed by atoms with Crippen LogP contribution in [-0.2, 0) is 0 Å². The molecule has 1 aliphatic rings. The molecule has 0 amide bonds. The Morgan fingerprint density at radius 1 is 1.12 bits per heavy atom. The molecule has 0 spiro atoms. The summed E-state index contributed by atoms with van der Waals surface area (Å²) in [5.74, 6) is 0. The summed E-state index contributed by atoms with van der Waals surface area (Å²) in [4.78, 5) is 1.22. The zero-order valence-electron chi connectivity index (χ0n) is 8.60. The van der Waals surface area contributed by atoms with Crippen LogP contribution in [0.4, 0.5) is 17.6 Å². The summed E-state index contributed by atoms with van der Waals surface area (Å²) in [6, 6.07) is 0. The highest BCUT2D eigenvalue weighted by Crippen LogP contribution is 2.27. The number of alkyl halides is 4. The molecule has 1 saturated heterocycles. The highest BCUT2D eigenvalue weighted by atomic mass is 35.5. The van der Waals surface area contributed by atoms with Crippen molar-refractivity contribution in [2.24, 2.45) is 5.73 Å². The number of halogens is 6. The van der Waals surface area contributed by atoms with Crippen molar-refractivity contribution in [1.29, 1.82) is 0 Å². The fourth-order valence-corrected chi connectivity index (χ4v) is 1.57. The minimum atomic E-state index is -4.20. The van der Waals surface area contributed by atoms with Gasteiger partial charge in [-0.1, -0.05) is 0 Å². The molecule has 2 nitrogen and oxygen atoms in total. The molecule has 100 valence electrons. The third-order valence-corrected chi connectivity index (χ3v) is 2.52. The van der Waals surface area contributed by atoms with E-state index in [1.807, 2.05) is 0 Å². The molecule has 1 fully saturated rings. The number of likely N-dealkylation sites (tertiary alicyclic amines) is 1. The third kappa shape index (κ3) is 6.08. The maximum Gasteiger partial charge on any atom is 0.401 e. The average molecular weight is 287 g/mol. The molecule has 1 rings (SSSR count). The summed E-state index contributed by atoms with van der Waals surface area (Å²) < 4.78 is 49.3. The molecule has 0 radical (unpaired) electrons. The quantitative estimate of drug-likeness (QED) is 0.789. The van der Waals surface area contributed by atoms with Gasteiger partial charge in [-0.25, -0.2) is 4.39 Å². The van der Waals surface area contributed by atoms with Crippen LogP contribution in [-0.4, -0.2) is 42.9 Å². The second kappa shape index (κ2) is 6.83. The van der Waals surface area contributed by atoms with Crippen molar-refractivity contribution in [2.45, 2.75) is 24.7 Å². The lowest BCUT2D eigenvalue weighted by Gasteiger charge is -2.35. The Morgan fingerprint density at radius 3 is 1.88 bits per heavy atom. The number of nitrogens with two attached hydrogens (primary N) is 1. The van der Waals surface area contributed by atoms with Gasteiger partial charge in [-0.15, -0.1) is 24.8 Å². The highest BCUT2D eigenvalue weighted by Gasteiger charge is 2.37. The second-order valence-electron chi connectivity index (χ2n) is 3.75. The largest absolute Gasteiger partial charge is 0.401 e. The van der Waals surface area contributed by atoms with Crippen LogP contribution in [0.1, 0.15) is 12.8 Å². The molecule has 0 saturated carbocycles. The van der Waals surface area contributed by atoms with Crippen LogP contribution in [0.3, 0.4) is 0 Å². The van der Waals surface area contributed by atoms with Gasteiger partial charge in [-0.3, -0.25) is 4.90 Å². The van der Waals surface area contributed by atoms with Gasteiger partial charge in [-0.05, 0) is 12.8 Å². The zero-order valence-corrected chi connectivity index (χ0v) is 10.2. The fourth-order valence-electron chi connectivity index (χ4n) is 1.57. The van der Waals surface area contributed by atoms with Crippen molar-refractivity contribution in [2.75, 3.05) is 26.2 Å². The van der Waals surface area contributed by atoms with Crippen molar-refractivity contribution in [3.05, 3.63) is 0 Å². The average Bonchev–Trinajstić information content (AvgIpc) is 2.07. The van der Waals surface area contributed by atoms with Crippen molar-refractivity contribution >= 4 is 24.8 Å². The number of rotatable bonds is 2. The van der Waals surface area contributed by atoms with Crippen molar-refractivity contribution in [3.8, 4) is 0 Å². The van der Waals surface area contributed by atoms with Crippen molar-refractivity contribution in [1.82, 2.24) is 4.90 Å². The van der Waals surface area contributed by atoms with Crippen LogP contribution in [0.15, 0.2) is 0 Å². The molecule has 1 heterocycles. The minimum absolute atomic E-state index is 0. The monoisotopic (exact) mass is 286 g/mol. The molecule has 0 aliphatic carbocycles. The van der Waals surface area contributed by atoms with Crippen LogP contribution in [0, 0.1) is 0 Å². The van der Waals surface area contributed by atoms with E-state index in [-0.39, 0.29) is 57.3 Å². The number of piperidine rings is 1. The lowest BCUT2D eigenvalue weighted by atomic mass is 9.93. The molecule has 2 N–H and O–H groups in total. The minimum Gasteiger partial charge on any atom is -0.328 e. The lowest BCUT2D eigenvalue weighted by Crippen LogP contribution is -2.48. The zero-order chi connectivity index (χ0) is 10.8. The summed E-state index contributed by atoms with van der Waals surface area (Å²) in [7, 11) is 0. The Hall–Kier alpha value is 0.220. The van der Waals surface area contributed by atoms with Gasteiger partial charge in [0, 0.05) is 19.6 Å². The molecule has 0 aromatic rings.